The maximum Gasteiger partial charge on any atom is 0.123 e. The Kier molecular flexibility index (Phi) is 3.73. The third-order valence-corrected chi connectivity index (χ3v) is 4.56. The number of nitrogens with zero attached hydrogens (tertiary/aromatic N) is 1. The van der Waals surface area contributed by atoms with Gasteiger partial charge in [0.15, 0.2) is 0 Å². The molecule has 0 aliphatic heterocycles. The van der Waals surface area contributed by atoms with Crippen LogP contribution in [0.25, 0.3) is 10.6 Å². The fourth-order valence-corrected chi connectivity index (χ4v) is 2.90. The Morgan fingerprint density at radius 3 is 2.53 bits per heavy atom. The number of benzene rings is 1. The van der Waals surface area contributed by atoms with Gasteiger partial charge in [-0.3, -0.25) is 0 Å². The summed E-state index contributed by atoms with van der Waals surface area (Å²) < 4.78 is 0. The lowest BCUT2D eigenvalue weighted by Crippen LogP contribution is -2.03. The van der Waals surface area contributed by atoms with Gasteiger partial charge in [-0.2, -0.15) is 0 Å². The van der Waals surface area contributed by atoms with Gasteiger partial charge in [0.05, 0.1) is 15.7 Å². The predicted molar refractivity (Wildman–Crippen MR) is 74.9 cm³/mol. The molecule has 5 heteroatoms. The van der Waals surface area contributed by atoms with Crippen LogP contribution in [0.2, 0.25) is 10.0 Å². The Balaban J connectivity index is 2.46. The predicted octanol–water partition coefficient (Wildman–Crippen LogP) is 4.45. The molecule has 2 nitrogen and oxygen atoms in total. The van der Waals surface area contributed by atoms with Crippen LogP contribution in [0.5, 0.6) is 0 Å². The van der Waals surface area contributed by atoms with Gasteiger partial charge in [-0.05, 0) is 26.0 Å². The number of rotatable bonds is 2. The summed E-state index contributed by atoms with van der Waals surface area (Å²) >= 11 is 13.5. The number of aromatic nitrogens is 1. The third kappa shape index (κ3) is 2.63. The summed E-state index contributed by atoms with van der Waals surface area (Å²) in [6.45, 7) is 3.93. The van der Waals surface area contributed by atoms with Crippen LogP contribution in [-0.4, -0.2) is 4.98 Å². The lowest BCUT2D eigenvalue weighted by Gasteiger charge is -2.00. The van der Waals surface area contributed by atoms with Crippen molar-refractivity contribution in [2.45, 2.75) is 19.9 Å². The summed E-state index contributed by atoms with van der Waals surface area (Å²) in [7, 11) is 0. The molecule has 90 valence electrons. The fourth-order valence-electron chi connectivity index (χ4n) is 1.58. The van der Waals surface area contributed by atoms with Crippen LogP contribution in [0.1, 0.15) is 23.5 Å². The van der Waals surface area contributed by atoms with Crippen molar-refractivity contribution in [1.82, 2.24) is 4.98 Å². The molecule has 17 heavy (non-hydrogen) atoms. The molecule has 1 heterocycles. The first kappa shape index (κ1) is 12.8. The van der Waals surface area contributed by atoms with Crippen LogP contribution in [-0.2, 0) is 0 Å². The molecule has 1 unspecified atom stereocenters. The molecule has 0 fully saturated rings. The van der Waals surface area contributed by atoms with Gasteiger partial charge >= 0.3 is 0 Å². The minimum absolute atomic E-state index is 0.00372. The van der Waals surface area contributed by atoms with Crippen molar-refractivity contribution < 1.29 is 0 Å². The first-order valence-corrected chi connectivity index (χ1v) is 6.74. The molecule has 0 amide bonds. The number of nitrogens with two attached hydrogens (primary N) is 1. The van der Waals surface area contributed by atoms with Crippen LogP contribution in [0.15, 0.2) is 18.2 Å². The summed E-state index contributed by atoms with van der Waals surface area (Å²) in [4.78, 5) is 5.61. The number of halogens is 2. The van der Waals surface area contributed by atoms with Crippen molar-refractivity contribution in [2.24, 2.45) is 5.73 Å². The molecule has 1 atom stereocenters. The molecular weight excluding hydrogens is 275 g/mol. The minimum Gasteiger partial charge on any atom is -0.323 e. The van der Waals surface area contributed by atoms with E-state index in [0.29, 0.717) is 10.0 Å². The molecule has 0 spiro atoms. The van der Waals surface area contributed by atoms with E-state index in [9.17, 15) is 0 Å². The maximum absolute atomic E-state index is 5.99. The molecule has 2 aromatic rings. The first-order chi connectivity index (χ1) is 7.99. The van der Waals surface area contributed by atoms with E-state index in [-0.39, 0.29) is 6.04 Å². The molecular formula is C12H12Cl2N2S. The molecule has 2 N–H and O–H groups in total. The highest BCUT2D eigenvalue weighted by Gasteiger charge is 2.13. The molecule has 1 aromatic carbocycles. The highest BCUT2D eigenvalue weighted by atomic mass is 35.5. The van der Waals surface area contributed by atoms with E-state index in [2.05, 4.69) is 4.98 Å². The van der Waals surface area contributed by atoms with Gasteiger partial charge in [0.2, 0.25) is 0 Å². The summed E-state index contributed by atoms with van der Waals surface area (Å²) in [5.41, 5.74) is 7.83. The smallest absolute Gasteiger partial charge is 0.123 e. The van der Waals surface area contributed by atoms with Gasteiger partial charge in [0, 0.05) is 16.5 Å². The van der Waals surface area contributed by atoms with Crippen molar-refractivity contribution in [1.29, 1.82) is 0 Å². The van der Waals surface area contributed by atoms with Gasteiger partial charge < -0.3 is 5.73 Å². The number of thiazole rings is 1. The average molecular weight is 287 g/mol. The molecule has 0 bridgehead atoms. The van der Waals surface area contributed by atoms with E-state index in [0.717, 1.165) is 21.1 Å². The second kappa shape index (κ2) is 4.94. The maximum atomic E-state index is 5.99. The van der Waals surface area contributed by atoms with Gasteiger partial charge in [0.25, 0.3) is 0 Å². The highest BCUT2D eigenvalue weighted by molar-refractivity contribution is 7.15. The second-order valence-electron chi connectivity index (χ2n) is 3.89. The summed E-state index contributed by atoms with van der Waals surface area (Å²) in [6.07, 6.45) is 0. The van der Waals surface area contributed by atoms with Crippen LogP contribution in [0.3, 0.4) is 0 Å². The van der Waals surface area contributed by atoms with Crippen LogP contribution >= 0.6 is 34.5 Å². The van der Waals surface area contributed by atoms with Gasteiger partial charge in [-0.15, -0.1) is 11.3 Å². The summed E-state index contributed by atoms with van der Waals surface area (Å²) in [6, 6.07) is 5.52. The SMILES string of the molecule is Cc1nc(-c2ccc(Cl)c(Cl)c2)sc1C(C)N. The topological polar surface area (TPSA) is 38.9 Å². The molecule has 0 saturated carbocycles. The van der Waals surface area contributed by atoms with E-state index >= 15 is 0 Å². The zero-order valence-corrected chi connectivity index (χ0v) is 11.8. The Labute approximate surface area is 114 Å². The number of aryl methyl sites for hydroxylation is 1. The largest absolute Gasteiger partial charge is 0.323 e. The van der Waals surface area contributed by atoms with E-state index in [1.807, 2.05) is 26.0 Å². The Bertz CT molecular complexity index is 549. The van der Waals surface area contributed by atoms with Gasteiger partial charge in [-0.1, -0.05) is 29.3 Å². The van der Waals surface area contributed by atoms with Crippen molar-refractivity contribution >= 4 is 34.5 Å². The average Bonchev–Trinajstić information content (AvgIpc) is 2.64. The molecule has 2 rings (SSSR count). The van der Waals surface area contributed by atoms with Crippen molar-refractivity contribution in [3.8, 4) is 10.6 Å². The van der Waals surface area contributed by atoms with E-state index in [4.69, 9.17) is 28.9 Å². The zero-order valence-electron chi connectivity index (χ0n) is 9.50. The Morgan fingerprint density at radius 2 is 2.00 bits per heavy atom. The highest BCUT2D eigenvalue weighted by Crippen LogP contribution is 2.33. The Morgan fingerprint density at radius 1 is 1.29 bits per heavy atom. The van der Waals surface area contributed by atoms with Crippen molar-refractivity contribution in [3.63, 3.8) is 0 Å². The van der Waals surface area contributed by atoms with E-state index in [1.165, 1.54) is 0 Å². The normalized spacial score (nSPS) is 12.8. The lowest BCUT2D eigenvalue weighted by atomic mass is 10.2. The van der Waals surface area contributed by atoms with Crippen LogP contribution < -0.4 is 5.73 Å². The minimum atomic E-state index is 0.00372. The number of hydrogen-bond donors (Lipinski definition) is 1. The Hall–Kier alpha value is -0.610. The fraction of sp³-hybridized carbons (Fsp3) is 0.250. The monoisotopic (exact) mass is 286 g/mol. The molecule has 0 aliphatic carbocycles. The van der Waals surface area contributed by atoms with Crippen LogP contribution in [0, 0.1) is 6.92 Å². The van der Waals surface area contributed by atoms with Crippen molar-refractivity contribution in [3.05, 3.63) is 38.8 Å². The first-order valence-electron chi connectivity index (χ1n) is 5.17. The van der Waals surface area contributed by atoms with Crippen molar-refractivity contribution in [2.75, 3.05) is 0 Å². The van der Waals surface area contributed by atoms with Gasteiger partial charge in [-0.25, -0.2) is 4.98 Å². The van der Waals surface area contributed by atoms with E-state index < -0.39 is 0 Å². The summed E-state index contributed by atoms with van der Waals surface area (Å²) in [5.74, 6) is 0. The summed E-state index contributed by atoms with van der Waals surface area (Å²) in [5, 5.41) is 2.02. The third-order valence-electron chi connectivity index (χ3n) is 2.41. The molecule has 0 saturated heterocycles. The molecule has 1 aromatic heterocycles. The van der Waals surface area contributed by atoms with E-state index in [1.54, 1.807) is 17.4 Å². The van der Waals surface area contributed by atoms with Crippen LogP contribution in [0.4, 0.5) is 0 Å². The standard InChI is InChI=1S/C12H12Cl2N2S/c1-6(15)11-7(2)16-12(17-11)8-3-4-9(13)10(14)5-8/h3-6H,15H2,1-2H3. The zero-order chi connectivity index (χ0) is 12.6. The lowest BCUT2D eigenvalue weighted by molar-refractivity contribution is 0.825. The molecule has 0 radical (unpaired) electrons. The van der Waals surface area contributed by atoms with Gasteiger partial charge in [0.1, 0.15) is 5.01 Å². The molecule has 0 aliphatic rings. The number of hydrogen-bond acceptors (Lipinski definition) is 3. The second-order valence-corrected chi connectivity index (χ2v) is 5.73. The quantitative estimate of drug-likeness (QED) is 0.886.